The SMILES string of the molecule is CCCNC(=O)Cn1cnc2sc(C(=O)N3CCOCC3)c(C)c2c1=O. The van der Waals surface area contributed by atoms with E-state index in [-0.39, 0.29) is 23.9 Å². The van der Waals surface area contributed by atoms with Gasteiger partial charge in [0.2, 0.25) is 5.91 Å². The summed E-state index contributed by atoms with van der Waals surface area (Å²) in [6, 6.07) is 0. The summed E-state index contributed by atoms with van der Waals surface area (Å²) in [5.41, 5.74) is 0.332. The second-order valence-corrected chi connectivity index (χ2v) is 7.17. The van der Waals surface area contributed by atoms with E-state index in [4.69, 9.17) is 4.74 Å². The molecule has 26 heavy (non-hydrogen) atoms. The number of amides is 2. The number of aryl methyl sites for hydroxylation is 1. The lowest BCUT2D eigenvalue weighted by Gasteiger charge is -2.26. The first kappa shape index (κ1) is 18.5. The fourth-order valence-electron chi connectivity index (χ4n) is 2.86. The van der Waals surface area contributed by atoms with Gasteiger partial charge in [-0.15, -0.1) is 11.3 Å². The Kier molecular flexibility index (Phi) is 5.67. The summed E-state index contributed by atoms with van der Waals surface area (Å²) < 4.78 is 6.57. The Morgan fingerprint density at radius 2 is 2.08 bits per heavy atom. The summed E-state index contributed by atoms with van der Waals surface area (Å²) in [6.45, 7) is 6.34. The molecule has 0 atom stereocenters. The van der Waals surface area contributed by atoms with Gasteiger partial charge in [0.1, 0.15) is 11.4 Å². The topological polar surface area (TPSA) is 93.5 Å². The molecule has 1 aliphatic rings. The summed E-state index contributed by atoms with van der Waals surface area (Å²) in [5.74, 6) is -0.326. The van der Waals surface area contributed by atoms with Crippen molar-refractivity contribution >= 4 is 33.4 Å². The molecule has 2 aromatic heterocycles. The van der Waals surface area contributed by atoms with Gasteiger partial charge in [-0.05, 0) is 18.9 Å². The lowest BCUT2D eigenvalue weighted by molar-refractivity contribution is -0.121. The van der Waals surface area contributed by atoms with E-state index < -0.39 is 0 Å². The third kappa shape index (κ3) is 3.63. The van der Waals surface area contributed by atoms with Crippen LogP contribution in [0.1, 0.15) is 28.6 Å². The van der Waals surface area contributed by atoms with E-state index in [1.165, 1.54) is 22.2 Å². The number of carbonyl (C=O) groups excluding carboxylic acids is 2. The van der Waals surface area contributed by atoms with Gasteiger partial charge in [0.25, 0.3) is 11.5 Å². The maximum Gasteiger partial charge on any atom is 0.264 e. The molecule has 3 rings (SSSR count). The maximum atomic E-state index is 12.8. The van der Waals surface area contributed by atoms with Gasteiger partial charge >= 0.3 is 0 Å². The first-order valence-electron chi connectivity index (χ1n) is 8.65. The van der Waals surface area contributed by atoms with Gasteiger partial charge in [0, 0.05) is 19.6 Å². The predicted octanol–water partition coefficient (Wildman–Crippen LogP) is 0.765. The lowest BCUT2D eigenvalue weighted by Crippen LogP contribution is -2.40. The van der Waals surface area contributed by atoms with Crippen molar-refractivity contribution in [2.45, 2.75) is 26.8 Å². The number of aromatic nitrogens is 2. The number of fused-ring (bicyclic) bond motifs is 1. The molecule has 1 saturated heterocycles. The highest BCUT2D eigenvalue weighted by atomic mass is 32.1. The smallest absolute Gasteiger partial charge is 0.264 e. The summed E-state index contributed by atoms with van der Waals surface area (Å²) in [4.78, 5) is 44.5. The molecule has 0 saturated carbocycles. The van der Waals surface area contributed by atoms with Crippen LogP contribution in [0.5, 0.6) is 0 Å². The number of hydrogen-bond acceptors (Lipinski definition) is 6. The van der Waals surface area contributed by atoms with Crippen LogP contribution >= 0.6 is 11.3 Å². The van der Waals surface area contributed by atoms with E-state index in [2.05, 4.69) is 10.3 Å². The molecule has 0 aromatic carbocycles. The Morgan fingerprint density at radius 1 is 1.35 bits per heavy atom. The number of morpholine rings is 1. The van der Waals surface area contributed by atoms with Gasteiger partial charge in [-0.3, -0.25) is 19.0 Å². The maximum absolute atomic E-state index is 12.8. The number of nitrogens with zero attached hydrogens (tertiary/aromatic N) is 3. The summed E-state index contributed by atoms with van der Waals surface area (Å²) in [7, 11) is 0. The first-order valence-corrected chi connectivity index (χ1v) is 9.46. The van der Waals surface area contributed by atoms with Gasteiger partial charge in [-0.1, -0.05) is 6.92 Å². The van der Waals surface area contributed by atoms with Crippen LogP contribution in [-0.4, -0.2) is 59.1 Å². The molecule has 140 valence electrons. The van der Waals surface area contributed by atoms with E-state index in [1.54, 1.807) is 11.8 Å². The van der Waals surface area contributed by atoms with Crippen LogP contribution < -0.4 is 10.9 Å². The van der Waals surface area contributed by atoms with Gasteiger partial charge in [-0.25, -0.2) is 4.98 Å². The molecular weight excluding hydrogens is 356 g/mol. The van der Waals surface area contributed by atoms with Crippen molar-refractivity contribution in [1.82, 2.24) is 19.8 Å². The number of thiophene rings is 1. The fraction of sp³-hybridized carbons (Fsp3) is 0.529. The van der Waals surface area contributed by atoms with Crippen LogP contribution in [0, 0.1) is 6.92 Å². The van der Waals surface area contributed by atoms with E-state index in [0.717, 1.165) is 6.42 Å². The van der Waals surface area contributed by atoms with Gasteiger partial charge in [0.15, 0.2) is 0 Å². The molecule has 0 spiro atoms. The van der Waals surface area contributed by atoms with Crippen LogP contribution in [0.2, 0.25) is 0 Å². The minimum Gasteiger partial charge on any atom is -0.378 e. The van der Waals surface area contributed by atoms with Gasteiger partial charge in [-0.2, -0.15) is 0 Å². The van der Waals surface area contributed by atoms with E-state index >= 15 is 0 Å². The zero-order chi connectivity index (χ0) is 18.7. The Hall–Kier alpha value is -2.26. The standard InChI is InChI=1S/C17H22N4O4S/c1-3-4-18-12(22)9-21-10-19-15-13(16(21)23)11(2)14(26-15)17(24)20-5-7-25-8-6-20/h10H,3-9H2,1-2H3,(H,18,22). The minimum atomic E-state index is -0.295. The molecule has 0 radical (unpaired) electrons. The highest BCUT2D eigenvalue weighted by Crippen LogP contribution is 2.28. The van der Waals surface area contributed by atoms with Crippen molar-refractivity contribution in [2.75, 3.05) is 32.8 Å². The molecule has 1 N–H and O–H groups in total. The molecule has 2 aromatic rings. The highest BCUT2D eigenvalue weighted by molar-refractivity contribution is 7.20. The number of nitrogens with one attached hydrogen (secondary N) is 1. The van der Waals surface area contributed by atoms with E-state index in [1.807, 2.05) is 6.92 Å². The van der Waals surface area contributed by atoms with Crippen molar-refractivity contribution in [2.24, 2.45) is 0 Å². The Labute approximate surface area is 154 Å². The van der Waals surface area contributed by atoms with E-state index in [9.17, 15) is 14.4 Å². The number of ether oxygens (including phenoxy) is 1. The zero-order valence-electron chi connectivity index (χ0n) is 14.9. The van der Waals surface area contributed by atoms with Crippen molar-refractivity contribution < 1.29 is 14.3 Å². The monoisotopic (exact) mass is 378 g/mol. The van der Waals surface area contributed by atoms with Gasteiger partial charge in [0.05, 0.1) is 29.8 Å². The van der Waals surface area contributed by atoms with Crippen molar-refractivity contribution in [3.8, 4) is 0 Å². The summed E-state index contributed by atoms with van der Waals surface area (Å²) >= 11 is 1.22. The van der Waals surface area contributed by atoms with Crippen molar-refractivity contribution in [3.05, 3.63) is 27.1 Å². The number of hydrogen-bond donors (Lipinski definition) is 1. The fourth-order valence-corrected chi connectivity index (χ4v) is 3.97. The molecular formula is C17H22N4O4S. The number of rotatable bonds is 5. The average molecular weight is 378 g/mol. The first-order chi connectivity index (χ1) is 12.5. The van der Waals surface area contributed by atoms with Crippen LogP contribution in [-0.2, 0) is 16.1 Å². The van der Waals surface area contributed by atoms with Crippen molar-refractivity contribution in [3.63, 3.8) is 0 Å². The Morgan fingerprint density at radius 3 is 2.77 bits per heavy atom. The van der Waals surface area contributed by atoms with Gasteiger partial charge < -0.3 is 15.0 Å². The van der Waals surface area contributed by atoms with Crippen LogP contribution in [0.4, 0.5) is 0 Å². The normalized spacial score (nSPS) is 14.6. The molecule has 9 heteroatoms. The van der Waals surface area contributed by atoms with Crippen LogP contribution in [0.3, 0.4) is 0 Å². The average Bonchev–Trinajstić information content (AvgIpc) is 2.99. The molecule has 0 unspecified atom stereocenters. The largest absolute Gasteiger partial charge is 0.378 e. The predicted molar refractivity (Wildman–Crippen MR) is 98.6 cm³/mol. The minimum absolute atomic E-state index is 0.0796. The molecule has 1 fully saturated rings. The molecule has 2 amide bonds. The van der Waals surface area contributed by atoms with Crippen LogP contribution in [0.15, 0.2) is 11.1 Å². The van der Waals surface area contributed by atoms with Crippen molar-refractivity contribution in [1.29, 1.82) is 0 Å². The Balaban J connectivity index is 1.91. The quantitative estimate of drug-likeness (QED) is 0.829. The zero-order valence-corrected chi connectivity index (χ0v) is 15.7. The molecule has 0 bridgehead atoms. The third-order valence-electron chi connectivity index (χ3n) is 4.30. The molecule has 3 heterocycles. The van der Waals surface area contributed by atoms with Crippen LogP contribution in [0.25, 0.3) is 10.2 Å². The lowest BCUT2D eigenvalue weighted by atomic mass is 10.2. The number of carbonyl (C=O) groups is 2. The summed E-state index contributed by atoms with van der Waals surface area (Å²) in [5, 5.41) is 3.15. The highest BCUT2D eigenvalue weighted by Gasteiger charge is 2.25. The third-order valence-corrected chi connectivity index (χ3v) is 5.48. The van der Waals surface area contributed by atoms with E-state index in [0.29, 0.717) is 53.5 Å². The molecule has 1 aliphatic heterocycles. The molecule has 0 aliphatic carbocycles. The second-order valence-electron chi connectivity index (χ2n) is 6.17. The molecule has 8 nitrogen and oxygen atoms in total. The summed E-state index contributed by atoms with van der Waals surface area (Å²) in [6.07, 6.45) is 2.20. The second kappa shape index (κ2) is 7.96. The Bertz CT molecular complexity index is 883.